The van der Waals surface area contributed by atoms with Gasteiger partial charge < -0.3 is 39.4 Å². The maximum absolute atomic E-state index is 12.4. The second kappa shape index (κ2) is 15.9. The van der Waals surface area contributed by atoms with Crippen LogP contribution in [0, 0.1) is 0 Å². The largest absolute Gasteiger partial charge is 0.490 e. The molecule has 1 aliphatic rings. The number of hydrogen-bond acceptors (Lipinski definition) is 11. The zero-order chi connectivity index (χ0) is 31.5. The van der Waals surface area contributed by atoms with Crippen LogP contribution >= 0.6 is 23.2 Å². The van der Waals surface area contributed by atoms with Crippen molar-refractivity contribution in [1.82, 2.24) is 16.1 Å². The Morgan fingerprint density at radius 3 is 2.47 bits per heavy atom. The molecule has 0 radical (unpaired) electrons. The highest BCUT2D eigenvalue weighted by Crippen LogP contribution is 2.35. The number of halogens is 2. The molecule has 0 unspecified atom stereocenters. The van der Waals surface area contributed by atoms with Crippen molar-refractivity contribution < 1.29 is 43.2 Å². The van der Waals surface area contributed by atoms with Crippen LogP contribution in [-0.2, 0) is 19.1 Å². The number of carbonyl (C=O) groups is 3. The number of hydrazone groups is 1. The van der Waals surface area contributed by atoms with E-state index in [1.54, 1.807) is 39.0 Å². The summed E-state index contributed by atoms with van der Waals surface area (Å²) in [5.74, 6) is -0.375. The van der Waals surface area contributed by atoms with E-state index in [-0.39, 0.29) is 41.2 Å². The molecule has 0 saturated heterocycles. The van der Waals surface area contributed by atoms with E-state index in [0.717, 1.165) is 0 Å². The maximum atomic E-state index is 12.4. The third-order valence-electron chi connectivity index (χ3n) is 5.77. The minimum atomic E-state index is -1.22. The molecule has 15 heteroatoms. The van der Waals surface area contributed by atoms with Gasteiger partial charge in [0.25, 0.3) is 0 Å². The lowest BCUT2D eigenvalue weighted by atomic mass is 9.95. The van der Waals surface area contributed by atoms with Gasteiger partial charge in [0.05, 0.1) is 48.2 Å². The number of allylic oxidation sites excluding steroid dienone is 1. The SMILES string of the molecule is CCOC(=O)COc1c(Cl)cc(/C=N\N[C@H](O)COc2ccc([C@@H]3NC(=O)NC(C)=C3C(=O)OC)cc2OCC)cc1Cl. The van der Waals surface area contributed by atoms with Crippen LogP contribution < -0.4 is 30.3 Å². The molecule has 1 heterocycles. The fourth-order valence-electron chi connectivity index (χ4n) is 3.95. The molecular weight excluding hydrogens is 607 g/mol. The van der Waals surface area contributed by atoms with E-state index in [1.807, 2.05) is 0 Å². The number of aliphatic hydroxyl groups excluding tert-OH is 1. The average molecular weight is 639 g/mol. The molecule has 232 valence electrons. The summed E-state index contributed by atoms with van der Waals surface area (Å²) >= 11 is 12.5. The van der Waals surface area contributed by atoms with Crippen molar-refractivity contribution >= 4 is 47.4 Å². The summed E-state index contributed by atoms with van der Waals surface area (Å²) < 4.78 is 26.5. The van der Waals surface area contributed by atoms with Crippen molar-refractivity contribution in [2.24, 2.45) is 5.10 Å². The normalized spacial score (nSPS) is 15.3. The predicted molar refractivity (Wildman–Crippen MR) is 158 cm³/mol. The smallest absolute Gasteiger partial charge is 0.344 e. The summed E-state index contributed by atoms with van der Waals surface area (Å²) in [6, 6.07) is 6.69. The van der Waals surface area contributed by atoms with Crippen LogP contribution in [0.5, 0.6) is 17.2 Å². The zero-order valence-electron chi connectivity index (χ0n) is 23.9. The van der Waals surface area contributed by atoms with Crippen molar-refractivity contribution in [3.63, 3.8) is 0 Å². The number of urea groups is 1. The Bertz CT molecular complexity index is 1380. The maximum Gasteiger partial charge on any atom is 0.344 e. The second-order valence-electron chi connectivity index (χ2n) is 8.82. The van der Waals surface area contributed by atoms with Gasteiger partial charge in [-0.2, -0.15) is 5.10 Å². The van der Waals surface area contributed by atoms with Gasteiger partial charge in [0.1, 0.15) is 6.61 Å². The number of hydrogen-bond donors (Lipinski definition) is 4. The van der Waals surface area contributed by atoms with Crippen LogP contribution in [0.15, 0.2) is 46.7 Å². The molecule has 2 amide bonds. The molecule has 0 bridgehead atoms. The molecule has 1 aliphatic heterocycles. The van der Waals surface area contributed by atoms with Crippen LogP contribution in [0.1, 0.15) is 37.9 Å². The summed E-state index contributed by atoms with van der Waals surface area (Å²) in [5.41, 5.74) is 4.20. The number of esters is 2. The van der Waals surface area contributed by atoms with Gasteiger partial charge in [-0.25, -0.2) is 14.4 Å². The topological polar surface area (TPSA) is 166 Å². The van der Waals surface area contributed by atoms with E-state index in [4.69, 9.17) is 46.9 Å². The van der Waals surface area contributed by atoms with Crippen molar-refractivity contribution in [2.45, 2.75) is 33.0 Å². The van der Waals surface area contributed by atoms with Gasteiger partial charge in [-0.15, -0.1) is 0 Å². The summed E-state index contributed by atoms with van der Waals surface area (Å²) in [7, 11) is 1.26. The number of ether oxygens (including phenoxy) is 5. The van der Waals surface area contributed by atoms with Crippen LogP contribution in [0.25, 0.3) is 0 Å². The van der Waals surface area contributed by atoms with Crippen molar-refractivity contribution in [3.05, 3.63) is 62.8 Å². The van der Waals surface area contributed by atoms with E-state index in [9.17, 15) is 19.5 Å². The first-order valence-electron chi connectivity index (χ1n) is 13.1. The third kappa shape index (κ3) is 9.14. The first-order chi connectivity index (χ1) is 20.6. The summed E-state index contributed by atoms with van der Waals surface area (Å²) in [6.07, 6.45) is 0.155. The van der Waals surface area contributed by atoms with E-state index in [1.165, 1.54) is 25.5 Å². The Morgan fingerprint density at radius 1 is 1.09 bits per heavy atom. The number of benzene rings is 2. The molecular formula is C28H32Cl2N4O9. The molecule has 4 N–H and O–H groups in total. The molecule has 2 atom stereocenters. The summed E-state index contributed by atoms with van der Waals surface area (Å²) in [5, 5.41) is 19.9. The number of rotatable bonds is 14. The van der Waals surface area contributed by atoms with Crippen LogP contribution in [-0.4, -0.2) is 69.1 Å². The molecule has 3 rings (SSSR count). The fourth-order valence-corrected chi connectivity index (χ4v) is 4.56. The van der Waals surface area contributed by atoms with Gasteiger partial charge in [-0.3, -0.25) is 5.43 Å². The highest BCUT2D eigenvalue weighted by Gasteiger charge is 2.32. The van der Waals surface area contributed by atoms with E-state index in [0.29, 0.717) is 34.9 Å². The number of methoxy groups -OCH3 is 1. The number of aliphatic hydroxyl groups is 1. The van der Waals surface area contributed by atoms with E-state index >= 15 is 0 Å². The number of carbonyl (C=O) groups excluding carboxylic acids is 3. The molecule has 0 spiro atoms. The van der Waals surface area contributed by atoms with Crippen LogP contribution in [0.3, 0.4) is 0 Å². The van der Waals surface area contributed by atoms with Gasteiger partial charge in [-0.05, 0) is 56.2 Å². The average Bonchev–Trinajstić information content (AvgIpc) is 2.95. The van der Waals surface area contributed by atoms with Crippen molar-refractivity contribution in [1.29, 1.82) is 0 Å². The lowest BCUT2D eigenvalue weighted by molar-refractivity contribution is -0.145. The van der Waals surface area contributed by atoms with E-state index < -0.39 is 30.2 Å². The predicted octanol–water partition coefficient (Wildman–Crippen LogP) is 3.46. The molecule has 0 aromatic heterocycles. The van der Waals surface area contributed by atoms with Gasteiger partial charge >= 0.3 is 18.0 Å². The van der Waals surface area contributed by atoms with Gasteiger partial charge in [-0.1, -0.05) is 29.3 Å². The van der Waals surface area contributed by atoms with Gasteiger partial charge in [0.15, 0.2) is 30.1 Å². The Hall–Kier alpha value is -4.20. The minimum absolute atomic E-state index is 0.126. The number of nitrogens with one attached hydrogen (secondary N) is 3. The van der Waals surface area contributed by atoms with E-state index in [2.05, 4.69) is 21.2 Å². The van der Waals surface area contributed by atoms with Crippen molar-refractivity contribution in [2.75, 3.05) is 33.5 Å². The molecule has 0 saturated carbocycles. The van der Waals surface area contributed by atoms with Crippen molar-refractivity contribution in [3.8, 4) is 17.2 Å². The number of nitrogens with zero attached hydrogens (tertiary/aromatic N) is 1. The second-order valence-corrected chi connectivity index (χ2v) is 9.64. The molecule has 0 aliphatic carbocycles. The Morgan fingerprint density at radius 2 is 1.81 bits per heavy atom. The lowest BCUT2D eigenvalue weighted by Gasteiger charge is -2.28. The summed E-state index contributed by atoms with van der Waals surface area (Å²) in [4.78, 5) is 36.0. The first-order valence-corrected chi connectivity index (χ1v) is 13.8. The molecule has 2 aromatic carbocycles. The quantitative estimate of drug-likeness (QED) is 0.104. The standard InChI is InChI=1S/C28H32Cl2N4O9/c1-5-40-21-11-17(25-24(27(37)39-4)15(3)32-28(38)33-25)7-8-20(21)42-13-22(35)34-31-12-16-9-18(29)26(19(30)10-16)43-14-23(36)41-6-2/h7-12,22,25,34-35H,5-6,13-14H2,1-4H3,(H2,32,33,38)/b31-12-/t22-,25+/m1/s1. The monoisotopic (exact) mass is 638 g/mol. The fraction of sp³-hybridized carbons (Fsp3) is 0.357. The Balaban J connectivity index is 1.64. The minimum Gasteiger partial charge on any atom is -0.490 e. The van der Waals surface area contributed by atoms with Gasteiger partial charge in [0.2, 0.25) is 0 Å². The molecule has 0 fully saturated rings. The molecule has 43 heavy (non-hydrogen) atoms. The molecule has 2 aromatic rings. The number of amides is 2. The van der Waals surface area contributed by atoms with Crippen LogP contribution in [0.4, 0.5) is 4.79 Å². The zero-order valence-corrected chi connectivity index (χ0v) is 25.4. The van der Waals surface area contributed by atoms with Crippen LogP contribution in [0.2, 0.25) is 10.0 Å². The van der Waals surface area contributed by atoms with Gasteiger partial charge in [0, 0.05) is 5.70 Å². The third-order valence-corrected chi connectivity index (χ3v) is 6.33. The highest BCUT2D eigenvalue weighted by molar-refractivity contribution is 6.37. The Kier molecular flexibility index (Phi) is 12.3. The first kappa shape index (κ1) is 33.3. The summed E-state index contributed by atoms with van der Waals surface area (Å²) in [6.45, 7) is 5.04. The highest BCUT2D eigenvalue weighted by atomic mass is 35.5. The Labute approximate surface area is 258 Å². The molecule has 13 nitrogen and oxygen atoms in total. The lowest BCUT2D eigenvalue weighted by Crippen LogP contribution is -2.45.